The third-order valence-electron chi connectivity index (χ3n) is 6.41. The first-order valence-electron chi connectivity index (χ1n) is 11.8. The number of aromatic amines is 1. The Labute approximate surface area is 217 Å². The normalized spacial score (nSPS) is 15.6. The molecule has 2 aromatic carbocycles. The summed E-state index contributed by atoms with van der Waals surface area (Å²) in [5, 5.41) is 1.03. The molecule has 0 fully saturated rings. The zero-order chi connectivity index (χ0) is 26.1. The van der Waals surface area contributed by atoms with E-state index in [0.29, 0.717) is 31.9 Å². The van der Waals surface area contributed by atoms with Gasteiger partial charge in [0.05, 0.1) is 29.5 Å². The van der Waals surface area contributed by atoms with Crippen molar-refractivity contribution in [1.29, 1.82) is 0 Å². The van der Waals surface area contributed by atoms with Crippen LogP contribution in [0.3, 0.4) is 0 Å². The van der Waals surface area contributed by atoms with Gasteiger partial charge in [-0.15, -0.1) is 0 Å². The van der Waals surface area contributed by atoms with Crippen molar-refractivity contribution >= 4 is 34.3 Å². The van der Waals surface area contributed by atoms with Gasteiger partial charge in [-0.1, -0.05) is 47.7 Å². The molecule has 0 saturated heterocycles. The van der Waals surface area contributed by atoms with E-state index in [1.165, 1.54) is 18.4 Å². The maximum Gasteiger partial charge on any atom is 0.338 e. The summed E-state index contributed by atoms with van der Waals surface area (Å²) in [6.07, 6.45) is 1.90. The number of fused-ring (bicyclic) bond motifs is 2. The van der Waals surface area contributed by atoms with Crippen LogP contribution < -0.4 is 19.6 Å². The molecule has 1 unspecified atom stereocenters. The number of carbonyl (C=O) groups excluding carboxylic acids is 1. The second-order valence-electron chi connectivity index (χ2n) is 8.66. The van der Waals surface area contributed by atoms with Gasteiger partial charge in [-0.25, -0.2) is 9.79 Å². The molecular weight excluding hydrogens is 490 g/mol. The summed E-state index contributed by atoms with van der Waals surface area (Å²) in [6.45, 7) is 4.10. The van der Waals surface area contributed by atoms with E-state index in [1.807, 2.05) is 61.5 Å². The van der Waals surface area contributed by atoms with Crippen LogP contribution in [-0.2, 0) is 14.3 Å². The largest absolute Gasteiger partial charge is 0.496 e. The van der Waals surface area contributed by atoms with Gasteiger partial charge in [0.2, 0.25) is 0 Å². The first-order valence-corrected chi connectivity index (χ1v) is 12.6. The topological polar surface area (TPSA) is 94.9 Å². The Kier molecular flexibility index (Phi) is 6.82. The Morgan fingerprint density at radius 1 is 1.11 bits per heavy atom. The molecule has 5 rings (SSSR count). The third-order valence-corrected chi connectivity index (χ3v) is 7.40. The van der Waals surface area contributed by atoms with E-state index in [-0.39, 0.29) is 18.8 Å². The molecule has 1 aliphatic rings. The number of aryl methyl sites for hydroxylation is 1. The van der Waals surface area contributed by atoms with Crippen LogP contribution in [0.1, 0.15) is 29.8 Å². The average molecular weight is 518 g/mol. The zero-order valence-corrected chi connectivity index (χ0v) is 21.8. The fourth-order valence-corrected chi connectivity index (χ4v) is 5.71. The van der Waals surface area contributed by atoms with Gasteiger partial charge in [-0.05, 0) is 32.1 Å². The monoisotopic (exact) mass is 517 g/mol. The molecule has 0 radical (unpaired) electrons. The fraction of sp³-hybridized carbons (Fsp3) is 0.250. The zero-order valence-electron chi connectivity index (χ0n) is 21.0. The number of methoxy groups -OCH3 is 2. The van der Waals surface area contributed by atoms with Crippen LogP contribution in [-0.4, -0.2) is 43.0 Å². The van der Waals surface area contributed by atoms with Crippen LogP contribution in [0.4, 0.5) is 0 Å². The summed E-state index contributed by atoms with van der Waals surface area (Å²) < 4.78 is 18.2. The van der Waals surface area contributed by atoms with E-state index in [9.17, 15) is 9.59 Å². The summed E-state index contributed by atoms with van der Waals surface area (Å²) in [5.41, 5.74) is 4.14. The molecule has 0 saturated carbocycles. The van der Waals surface area contributed by atoms with E-state index in [2.05, 4.69) is 9.98 Å². The molecule has 2 aromatic heterocycles. The maximum absolute atomic E-state index is 13.9. The molecule has 0 bridgehead atoms. The molecule has 1 atom stereocenters. The van der Waals surface area contributed by atoms with Crippen molar-refractivity contribution in [1.82, 2.24) is 9.55 Å². The Morgan fingerprint density at radius 3 is 2.65 bits per heavy atom. The second kappa shape index (κ2) is 10.2. The molecule has 8 nitrogen and oxygen atoms in total. The fourth-order valence-electron chi connectivity index (χ4n) is 4.68. The summed E-state index contributed by atoms with van der Waals surface area (Å²) >= 11 is 1.30. The van der Waals surface area contributed by atoms with Crippen molar-refractivity contribution in [2.75, 3.05) is 27.4 Å². The van der Waals surface area contributed by atoms with Gasteiger partial charge in [-0.2, -0.15) is 0 Å². The number of nitrogens with one attached hydrogen (secondary N) is 1. The first kappa shape index (κ1) is 24.7. The minimum absolute atomic E-state index is 0.0923. The standard InChI is InChI=1S/C28H27N3O5S/c1-16-20(18-9-5-7-11-21(18)29-16)15-23-26(32)31-25(19-10-6-8-12-22(19)35-4)24(17(2)30-28(31)37-23)27(33)36-14-13-34-3/h5-12,15,25,29H,13-14H2,1-4H3. The number of nitrogens with zero attached hydrogens (tertiary/aromatic N) is 2. The van der Waals surface area contributed by atoms with E-state index in [1.54, 1.807) is 18.6 Å². The molecule has 1 aliphatic heterocycles. The van der Waals surface area contributed by atoms with E-state index in [4.69, 9.17) is 14.2 Å². The van der Waals surface area contributed by atoms with Crippen molar-refractivity contribution < 1.29 is 19.0 Å². The Hall–Kier alpha value is -3.95. The predicted octanol–water partition coefficient (Wildman–Crippen LogP) is 3.22. The van der Waals surface area contributed by atoms with Crippen molar-refractivity contribution in [2.45, 2.75) is 19.9 Å². The van der Waals surface area contributed by atoms with Crippen LogP contribution >= 0.6 is 11.3 Å². The van der Waals surface area contributed by atoms with Gasteiger partial charge in [0.25, 0.3) is 5.56 Å². The van der Waals surface area contributed by atoms with Crippen LogP contribution in [0.2, 0.25) is 0 Å². The SMILES string of the molecule is COCCOC(=O)C1=C(C)N=c2sc(=Cc3c(C)[nH]c4ccccc34)c(=O)n2C1c1ccccc1OC. The molecule has 0 aliphatic carbocycles. The number of allylic oxidation sites excluding steroid dienone is 1. The smallest absolute Gasteiger partial charge is 0.338 e. The lowest BCUT2D eigenvalue weighted by atomic mass is 9.95. The van der Waals surface area contributed by atoms with Crippen molar-refractivity contribution in [3.05, 3.63) is 96.3 Å². The number of para-hydroxylation sites is 2. The number of H-pyrrole nitrogens is 1. The van der Waals surface area contributed by atoms with Gasteiger partial charge in [0.15, 0.2) is 4.80 Å². The molecular formula is C28H27N3O5S. The minimum Gasteiger partial charge on any atom is -0.496 e. The molecule has 37 heavy (non-hydrogen) atoms. The quantitative estimate of drug-likeness (QED) is 0.300. The van der Waals surface area contributed by atoms with Crippen LogP contribution in [0.25, 0.3) is 17.0 Å². The molecule has 190 valence electrons. The van der Waals surface area contributed by atoms with Gasteiger partial charge in [-0.3, -0.25) is 9.36 Å². The molecule has 3 heterocycles. The minimum atomic E-state index is -0.756. The number of hydrogen-bond acceptors (Lipinski definition) is 7. The molecule has 1 N–H and O–H groups in total. The Balaban J connectivity index is 1.73. The van der Waals surface area contributed by atoms with Gasteiger partial charge in [0.1, 0.15) is 18.4 Å². The van der Waals surface area contributed by atoms with E-state index < -0.39 is 12.0 Å². The van der Waals surface area contributed by atoms with Crippen molar-refractivity contribution in [3.63, 3.8) is 0 Å². The number of esters is 1. The third kappa shape index (κ3) is 4.41. The lowest BCUT2D eigenvalue weighted by Crippen LogP contribution is -2.40. The lowest BCUT2D eigenvalue weighted by molar-refractivity contribution is -0.140. The van der Waals surface area contributed by atoms with Gasteiger partial charge < -0.3 is 19.2 Å². The highest BCUT2D eigenvalue weighted by Crippen LogP contribution is 2.35. The number of aromatic nitrogens is 2. The van der Waals surface area contributed by atoms with Crippen LogP contribution in [0.5, 0.6) is 5.75 Å². The number of ether oxygens (including phenoxy) is 3. The van der Waals surface area contributed by atoms with E-state index in [0.717, 1.165) is 22.2 Å². The molecule has 0 amide bonds. The summed E-state index contributed by atoms with van der Waals surface area (Å²) in [4.78, 5) is 35.8. The number of thiazole rings is 1. The molecule has 0 spiro atoms. The Bertz CT molecular complexity index is 1710. The number of benzene rings is 2. The van der Waals surface area contributed by atoms with Gasteiger partial charge in [0, 0.05) is 34.8 Å². The maximum atomic E-state index is 13.9. The molecule has 4 aromatic rings. The summed E-state index contributed by atoms with van der Waals surface area (Å²) in [7, 11) is 3.10. The van der Waals surface area contributed by atoms with Crippen molar-refractivity contribution in [3.8, 4) is 5.75 Å². The molecule has 9 heteroatoms. The summed E-state index contributed by atoms with van der Waals surface area (Å²) in [6, 6.07) is 14.6. The number of rotatable bonds is 7. The van der Waals surface area contributed by atoms with Crippen LogP contribution in [0.15, 0.2) is 69.6 Å². The highest BCUT2D eigenvalue weighted by molar-refractivity contribution is 7.07. The predicted molar refractivity (Wildman–Crippen MR) is 143 cm³/mol. The van der Waals surface area contributed by atoms with E-state index >= 15 is 0 Å². The van der Waals surface area contributed by atoms with Gasteiger partial charge >= 0.3 is 5.97 Å². The van der Waals surface area contributed by atoms with Crippen LogP contribution in [0, 0.1) is 6.92 Å². The number of carbonyl (C=O) groups is 1. The Morgan fingerprint density at radius 2 is 1.86 bits per heavy atom. The highest BCUT2D eigenvalue weighted by atomic mass is 32.1. The first-order chi connectivity index (χ1) is 17.9. The highest BCUT2D eigenvalue weighted by Gasteiger charge is 2.35. The number of hydrogen-bond donors (Lipinski definition) is 1. The summed E-state index contributed by atoms with van der Waals surface area (Å²) in [5.74, 6) is 0.0161. The lowest BCUT2D eigenvalue weighted by Gasteiger charge is -2.26. The average Bonchev–Trinajstić information content (AvgIpc) is 3.38. The second-order valence-corrected chi connectivity index (χ2v) is 9.67. The van der Waals surface area contributed by atoms with Crippen molar-refractivity contribution in [2.24, 2.45) is 4.99 Å².